The minimum Gasteiger partial charge on any atom is 0.0467 e. The molecule has 4 heteroatoms. The van der Waals surface area contributed by atoms with Crippen LogP contribution in [-0.2, 0) is 17.9 Å². The van der Waals surface area contributed by atoms with Crippen LogP contribution in [0.15, 0.2) is 24.3 Å². The smallest absolute Gasteiger partial charge is 0.0467 e. The number of hydrogen-bond donors (Lipinski definition) is 0. The van der Waals surface area contributed by atoms with Crippen LogP contribution < -0.4 is 0 Å². The van der Waals surface area contributed by atoms with Gasteiger partial charge in [-0.1, -0.05) is 0 Å². The molecular formula is C12H17Cl2ORu+. The quantitative estimate of drug-likeness (QED) is 0.423. The van der Waals surface area contributed by atoms with Crippen molar-refractivity contribution in [3.05, 3.63) is 44.4 Å². The zero-order chi connectivity index (χ0) is 11.4. The second kappa shape index (κ2) is 7.32. The number of hydrogen-bond acceptors (Lipinski definition) is 0. The first-order valence-corrected chi connectivity index (χ1v) is 9.95. The molecule has 0 heterocycles. The molecule has 1 nitrogen and oxygen atoms in total. The second-order valence-corrected chi connectivity index (χ2v) is 9.05. The first kappa shape index (κ1) is 16.0. The summed E-state index contributed by atoms with van der Waals surface area (Å²) in [4.78, 5) is 0. The van der Waals surface area contributed by atoms with Crippen molar-refractivity contribution in [1.82, 2.24) is 0 Å². The molecule has 0 aromatic heterocycles. The van der Waals surface area contributed by atoms with E-state index in [0.29, 0.717) is 0 Å². The molecule has 92 valence electrons. The Labute approximate surface area is 112 Å². The van der Waals surface area contributed by atoms with Gasteiger partial charge in [-0.25, -0.2) is 0 Å². The van der Waals surface area contributed by atoms with Crippen LogP contribution in [0.2, 0.25) is 0 Å². The number of para-hydroxylation sites is 1. The average Bonchev–Trinajstić information content (AvgIpc) is 2.16. The van der Waals surface area contributed by atoms with Gasteiger partial charge < -0.3 is 0 Å². The molecule has 0 unspecified atom stereocenters. The van der Waals surface area contributed by atoms with Crippen LogP contribution in [0.4, 0.5) is 0 Å². The van der Waals surface area contributed by atoms with Crippen LogP contribution >= 0.6 is 19.4 Å². The summed E-state index contributed by atoms with van der Waals surface area (Å²) < 4.78 is 4.74. The third-order valence-corrected chi connectivity index (χ3v) is 3.79. The fraction of sp³-hybridized carbons (Fsp3) is 0.250. The Balaban J connectivity index is 0.00000225. The fourth-order valence-electron chi connectivity index (χ4n) is 1.14. The Morgan fingerprint density at radius 1 is 1.31 bits per heavy atom. The molecular weight excluding hydrogens is 332 g/mol. The van der Waals surface area contributed by atoms with Crippen molar-refractivity contribution in [2.75, 3.05) is 0 Å². The minimum atomic E-state index is -1.79. The summed E-state index contributed by atoms with van der Waals surface area (Å²) in [7, 11) is 15.7. The van der Waals surface area contributed by atoms with E-state index in [2.05, 4.69) is 25.3 Å². The van der Waals surface area contributed by atoms with Gasteiger partial charge in [-0.05, 0) is 0 Å². The Morgan fingerprint density at radius 2 is 1.88 bits per heavy atom. The molecule has 1 aromatic rings. The molecule has 1 rings (SSSR count). The van der Waals surface area contributed by atoms with E-state index >= 15 is 0 Å². The van der Waals surface area contributed by atoms with E-state index in [1.165, 1.54) is 0 Å². The van der Waals surface area contributed by atoms with Gasteiger partial charge in [0.15, 0.2) is 0 Å². The number of halogens is 2. The molecule has 0 amide bonds. The summed E-state index contributed by atoms with van der Waals surface area (Å²) in [6.45, 7) is 4.12. The Morgan fingerprint density at radius 3 is 2.38 bits per heavy atom. The van der Waals surface area contributed by atoms with Gasteiger partial charge in [0.1, 0.15) is 0 Å². The molecule has 0 saturated carbocycles. The van der Waals surface area contributed by atoms with Crippen molar-refractivity contribution in [1.29, 1.82) is 0 Å². The van der Waals surface area contributed by atoms with Crippen molar-refractivity contribution in [2.45, 2.75) is 20.0 Å². The molecule has 0 aliphatic heterocycles. The van der Waals surface area contributed by atoms with Gasteiger partial charge in [0, 0.05) is 7.43 Å². The van der Waals surface area contributed by atoms with Crippen molar-refractivity contribution in [3.8, 4) is 5.75 Å². The first-order chi connectivity index (χ1) is 7.02. The van der Waals surface area contributed by atoms with Gasteiger partial charge in [0.25, 0.3) is 0 Å². The van der Waals surface area contributed by atoms with Gasteiger partial charge in [0.05, 0.1) is 0 Å². The van der Waals surface area contributed by atoms with Crippen LogP contribution in [0.1, 0.15) is 19.4 Å². The normalized spacial score (nSPS) is 10.8. The van der Waals surface area contributed by atoms with E-state index < -0.39 is 13.5 Å². The van der Waals surface area contributed by atoms with Crippen molar-refractivity contribution < 1.29 is 17.9 Å². The molecule has 0 fully saturated rings. The molecule has 0 N–H and O–H groups in total. The summed E-state index contributed by atoms with van der Waals surface area (Å²) >= 11 is -1.79. The third-order valence-electron chi connectivity index (χ3n) is 1.96. The molecule has 0 atom stereocenters. The fourth-order valence-corrected chi connectivity index (χ4v) is 2.95. The van der Waals surface area contributed by atoms with E-state index in [-0.39, 0.29) is 13.5 Å². The van der Waals surface area contributed by atoms with Crippen LogP contribution in [-0.4, -0.2) is 10.7 Å². The molecule has 0 radical (unpaired) electrons. The van der Waals surface area contributed by atoms with Crippen LogP contribution in [0, 0.1) is 14.5 Å². The average molecular weight is 349 g/mol. The SMILES string of the molecule is [CH2-][O+](c1ccccc1[CH]=[Ru]([Cl])[Cl])C(C)C.[CH3+]. The number of benzene rings is 1. The van der Waals surface area contributed by atoms with Gasteiger partial charge in [-0.15, -0.1) is 0 Å². The van der Waals surface area contributed by atoms with Gasteiger partial charge in [-0.3, -0.25) is 0 Å². The topological polar surface area (TPSA) is 2.70 Å². The summed E-state index contributed by atoms with van der Waals surface area (Å²) in [6.07, 6.45) is 0.269. The largest absolute Gasteiger partial charge is 0.0467 e. The van der Waals surface area contributed by atoms with E-state index in [9.17, 15) is 0 Å². The Hall–Kier alpha value is -0.0366. The van der Waals surface area contributed by atoms with E-state index in [0.717, 1.165) is 11.3 Å². The van der Waals surface area contributed by atoms with E-state index in [1.54, 1.807) is 0 Å². The maximum absolute atomic E-state index is 5.87. The molecule has 16 heavy (non-hydrogen) atoms. The van der Waals surface area contributed by atoms with Crippen LogP contribution in [0.5, 0.6) is 5.75 Å². The van der Waals surface area contributed by atoms with Crippen molar-refractivity contribution in [2.24, 2.45) is 0 Å². The maximum Gasteiger partial charge on any atom is 0.0467 e. The summed E-state index contributed by atoms with van der Waals surface area (Å²) in [5, 5.41) is 0. The molecule has 0 spiro atoms. The maximum atomic E-state index is 5.87. The van der Waals surface area contributed by atoms with Crippen LogP contribution in [0.25, 0.3) is 0 Å². The molecule has 0 aliphatic rings. The standard InChI is InChI=1S/C11H14O.CH3.2ClH.Ru/c1-9(2)12(4)11-8-6-5-7-10(11)3;;;;/h3,5-9H,4H2,1-2H3;1H3;2*1H;/q;+1;;;+2/p-2. The summed E-state index contributed by atoms with van der Waals surface area (Å²) in [6, 6.07) is 7.93. The summed E-state index contributed by atoms with van der Waals surface area (Å²) in [5.41, 5.74) is 1.04. The molecule has 1 aromatic carbocycles. The van der Waals surface area contributed by atoms with E-state index in [4.69, 9.17) is 19.4 Å². The van der Waals surface area contributed by atoms with Gasteiger partial charge in [0.2, 0.25) is 0 Å². The Kier molecular flexibility index (Phi) is 7.30. The van der Waals surface area contributed by atoms with E-state index in [1.807, 2.05) is 28.9 Å². The number of rotatable bonds is 3. The third kappa shape index (κ3) is 4.45. The van der Waals surface area contributed by atoms with Gasteiger partial charge >= 0.3 is 105 Å². The predicted octanol–water partition coefficient (Wildman–Crippen LogP) is 4.68. The van der Waals surface area contributed by atoms with Crippen molar-refractivity contribution in [3.63, 3.8) is 0 Å². The monoisotopic (exact) mass is 349 g/mol. The predicted molar refractivity (Wildman–Crippen MR) is 70.8 cm³/mol. The zero-order valence-corrected chi connectivity index (χ0v) is 12.9. The molecule has 0 bridgehead atoms. The minimum absolute atomic E-state index is 0. The zero-order valence-electron chi connectivity index (χ0n) is 9.69. The first-order valence-electron chi connectivity index (χ1n) is 4.47. The van der Waals surface area contributed by atoms with Crippen LogP contribution in [0.3, 0.4) is 0 Å². The molecule has 0 aliphatic carbocycles. The second-order valence-electron chi connectivity index (χ2n) is 3.32. The van der Waals surface area contributed by atoms with Gasteiger partial charge in [-0.2, -0.15) is 0 Å². The van der Waals surface area contributed by atoms with Crippen molar-refractivity contribution >= 4 is 24.0 Å². The summed E-state index contributed by atoms with van der Waals surface area (Å²) in [5.74, 6) is 0.993. The Bertz CT molecular complexity index is 360. The molecule has 0 saturated heterocycles.